The second-order valence-electron chi connectivity index (χ2n) is 4.59. The van der Waals surface area contributed by atoms with Gasteiger partial charge in [-0.15, -0.1) is 0 Å². The average Bonchev–Trinajstić information content (AvgIpc) is 3.00. The van der Waals surface area contributed by atoms with Gasteiger partial charge in [0.2, 0.25) is 0 Å². The Morgan fingerprint density at radius 3 is 2.76 bits per heavy atom. The maximum atomic E-state index is 9.81. The molecule has 2 N–H and O–H groups in total. The highest BCUT2D eigenvalue weighted by molar-refractivity contribution is 6.31. The number of hydrogen-bond donors (Lipinski definition) is 2. The van der Waals surface area contributed by atoms with Crippen molar-refractivity contribution in [1.29, 1.82) is 0 Å². The minimum Gasteiger partial charge on any atom is -0.508 e. The fraction of sp³-hybridized carbons (Fsp3) is 0.0625. The summed E-state index contributed by atoms with van der Waals surface area (Å²) in [6.07, 6.45) is 3.59. The first kappa shape index (κ1) is 13.5. The molecule has 0 atom stereocenters. The Balaban J connectivity index is 1.88. The van der Waals surface area contributed by atoms with E-state index in [4.69, 9.17) is 11.6 Å². The van der Waals surface area contributed by atoms with Gasteiger partial charge in [0.25, 0.3) is 0 Å². The molecule has 0 aliphatic carbocycles. The zero-order valence-corrected chi connectivity index (χ0v) is 12.0. The molecule has 0 aliphatic heterocycles. The van der Waals surface area contributed by atoms with Gasteiger partial charge in [-0.05, 0) is 30.3 Å². The Kier molecular flexibility index (Phi) is 3.79. The lowest BCUT2D eigenvalue weighted by molar-refractivity contribution is 0.469. The van der Waals surface area contributed by atoms with Crippen molar-refractivity contribution in [2.45, 2.75) is 6.54 Å². The van der Waals surface area contributed by atoms with Gasteiger partial charge in [0.05, 0.1) is 11.4 Å². The highest BCUT2D eigenvalue weighted by atomic mass is 35.5. The van der Waals surface area contributed by atoms with Crippen LogP contribution in [0.3, 0.4) is 0 Å². The Labute approximate surface area is 127 Å². The van der Waals surface area contributed by atoms with Gasteiger partial charge in [-0.3, -0.25) is 0 Å². The van der Waals surface area contributed by atoms with E-state index in [0.29, 0.717) is 11.6 Å². The molecule has 0 spiro atoms. The van der Waals surface area contributed by atoms with Gasteiger partial charge >= 0.3 is 0 Å². The predicted octanol–water partition coefficient (Wildman–Crippen LogP) is 3.84. The molecule has 0 fully saturated rings. The van der Waals surface area contributed by atoms with Gasteiger partial charge in [0, 0.05) is 29.5 Å². The number of anilines is 1. The van der Waals surface area contributed by atoms with Crippen molar-refractivity contribution >= 4 is 17.3 Å². The van der Waals surface area contributed by atoms with E-state index in [1.165, 1.54) is 0 Å². The van der Waals surface area contributed by atoms with Gasteiger partial charge in [0.15, 0.2) is 0 Å². The molecule has 0 amide bonds. The van der Waals surface area contributed by atoms with Gasteiger partial charge in [-0.2, -0.15) is 5.10 Å². The highest BCUT2D eigenvalue weighted by Crippen LogP contribution is 2.25. The van der Waals surface area contributed by atoms with Crippen LogP contribution in [0.2, 0.25) is 5.02 Å². The third-order valence-corrected chi connectivity index (χ3v) is 3.41. The maximum Gasteiger partial charge on any atom is 0.120 e. The van der Waals surface area contributed by atoms with Crippen LogP contribution in [0.1, 0.15) is 5.56 Å². The van der Waals surface area contributed by atoms with E-state index in [2.05, 4.69) is 10.4 Å². The monoisotopic (exact) mass is 299 g/mol. The molecule has 3 aromatic rings. The summed E-state index contributed by atoms with van der Waals surface area (Å²) in [7, 11) is 0. The fourth-order valence-corrected chi connectivity index (χ4v) is 2.28. The number of aromatic nitrogens is 2. The summed E-state index contributed by atoms with van der Waals surface area (Å²) in [5.41, 5.74) is 2.58. The number of nitrogens with one attached hydrogen (secondary N) is 1. The number of phenols is 1. The first-order chi connectivity index (χ1) is 10.2. The lowest BCUT2D eigenvalue weighted by atomic mass is 10.2. The number of aromatic hydroxyl groups is 1. The molecule has 4 nitrogen and oxygen atoms in total. The second kappa shape index (κ2) is 5.89. The quantitative estimate of drug-likeness (QED) is 0.769. The van der Waals surface area contributed by atoms with Gasteiger partial charge < -0.3 is 10.4 Å². The summed E-state index contributed by atoms with van der Waals surface area (Å²) in [6, 6.07) is 14.7. The van der Waals surface area contributed by atoms with Crippen LogP contribution < -0.4 is 5.32 Å². The molecule has 0 unspecified atom stereocenters. The van der Waals surface area contributed by atoms with Crippen LogP contribution in [0.5, 0.6) is 5.75 Å². The lowest BCUT2D eigenvalue weighted by Crippen LogP contribution is -2.05. The second-order valence-corrected chi connectivity index (χ2v) is 5.03. The molecule has 0 saturated carbocycles. The number of para-hydroxylation sites is 1. The molecule has 2 aromatic carbocycles. The molecule has 0 aliphatic rings. The van der Waals surface area contributed by atoms with Gasteiger partial charge in [-0.25, -0.2) is 4.68 Å². The molecule has 0 saturated heterocycles. The van der Waals surface area contributed by atoms with Crippen molar-refractivity contribution in [2.75, 3.05) is 5.32 Å². The van der Waals surface area contributed by atoms with Crippen LogP contribution in [0, 0.1) is 0 Å². The first-order valence-corrected chi connectivity index (χ1v) is 6.92. The third kappa shape index (κ3) is 3.01. The fourth-order valence-electron chi connectivity index (χ4n) is 2.11. The van der Waals surface area contributed by atoms with Crippen molar-refractivity contribution in [3.63, 3.8) is 0 Å². The van der Waals surface area contributed by atoms with E-state index in [1.54, 1.807) is 23.0 Å². The summed E-state index contributed by atoms with van der Waals surface area (Å²) >= 11 is 6.07. The van der Waals surface area contributed by atoms with E-state index in [9.17, 15) is 5.11 Å². The van der Waals surface area contributed by atoms with Crippen LogP contribution in [0.25, 0.3) is 5.69 Å². The number of phenolic OH excluding ortho intramolecular Hbond substituents is 1. The third-order valence-electron chi connectivity index (χ3n) is 3.17. The Morgan fingerprint density at radius 2 is 2.00 bits per heavy atom. The molecule has 1 heterocycles. The predicted molar refractivity (Wildman–Crippen MR) is 84.0 cm³/mol. The van der Waals surface area contributed by atoms with E-state index < -0.39 is 0 Å². The number of halogens is 1. The van der Waals surface area contributed by atoms with Crippen LogP contribution in [0.4, 0.5) is 5.69 Å². The highest BCUT2D eigenvalue weighted by Gasteiger charge is 2.07. The molecule has 3 rings (SSSR count). The zero-order valence-electron chi connectivity index (χ0n) is 11.2. The van der Waals surface area contributed by atoms with Crippen molar-refractivity contribution in [1.82, 2.24) is 9.78 Å². The summed E-state index contributed by atoms with van der Waals surface area (Å²) in [4.78, 5) is 0. The normalized spacial score (nSPS) is 10.5. The first-order valence-electron chi connectivity index (χ1n) is 6.54. The summed E-state index contributed by atoms with van der Waals surface area (Å²) in [6.45, 7) is 0.501. The smallest absolute Gasteiger partial charge is 0.120 e. The van der Waals surface area contributed by atoms with Crippen LogP contribution >= 0.6 is 11.6 Å². The average molecular weight is 300 g/mol. The van der Waals surface area contributed by atoms with Crippen molar-refractivity contribution in [2.24, 2.45) is 0 Å². The summed E-state index contributed by atoms with van der Waals surface area (Å²) in [5.74, 6) is 0.271. The van der Waals surface area contributed by atoms with E-state index in [1.807, 2.05) is 42.6 Å². The van der Waals surface area contributed by atoms with Crippen molar-refractivity contribution in [3.05, 3.63) is 71.5 Å². The largest absolute Gasteiger partial charge is 0.508 e. The minimum absolute atomic E-state index is 0.271. The Morgan fingerprint density at radius 1 is 1.14 bits per heavy atom. The summed E-state index contributed by atoms with van der Waals surface area (Å²) < 4.78 is 1.77. The van der Waals surface area contributed by atoms with E-state index >= 15 is 0 Å². The number of hydrogen-bond acceptors (Lipinski definition) is 3. The molecule has 0 radical (unpaired) electrons. The van der Waals surface area contributed by atoms with Crippen molar-refractivity contribution < 1.29 is 5.11 Å². The van der Waals surface area contributed by atoms with Gasteiger partial charge in [0.1, 0.15) is 5.75 Å². The van der Waals surface area contributed by atoms with Crippen LogP contribution in [0.15, 0.2) is 60.9 Å². The molecule has 0 bridgehead atoms. The van der Waals surface area contributed by atoms with E-state index in [-0.39, 0.29) is 5.75 Å². The SMILES string of the molecule is Oc1ccccc1CNc1cc(Cl)ccc1-n1cccn1. The van der Waals surface area contributed by atoms with Gasteiger partial charge in [-0.1, -0.05) is 29.8 Å². The Hall–Kier alpha value is -2.46. The standard InChI is InChI=1S/C16H14ClN3O/c17-13-6-7-15(20-9-3-8-19-20)14(10-13)18-11-12-4-1-2-5-16(12)21/h1-10,18,21H,11H2. The van der Waals surface area contributed by atoms with Crippen molar-refractivity contribution in [3.8, 4) is 11.4 Å². The Bertz CT molecular complexity index is 741. The number of nitrogens with zero attached hydrogens (tertiary/aromatic N) is 2. The number of benzene rings is 2. The summed E-state index contributed by atoms with van der Waals surface area (Å²) in [5, 5.41) is 18.0. The maximum absolute atomic E-state index is 9.81. The van der Waals surface area contributed by atoms with E-state index in [0.717, 1.165) is 16.9 Å². The molecule has 5 heteroatoms. The van der Waals surface area contributed by atoms with Crippen LogP contribution in [-0.4, -0.2) is 14.9 Å². The zero-order chi connectivity index (χ0) is 14.7. The minimum atomic E-state index is 0.271. The molecular formula is C16H14ClN3O. The van der Waals surface area contributed by atoms with Crippen LogP contribution in [-0.2, 0) is 6.54 Å². The molecule has 1 aromatic heterocycles. The molecule has 106 valence electrons. The lowest BCUT2D eigenvalue weighted by Gasteiger charge is -2.13. The number of rotatable bonds is 4. The topological polar surface area (TPSA) is 50.1 Å². The molecular weight excluding hydrogens is 286 g/mol. The molecule has 21 heavy (non-hydrogen) atoms.